The summed E-state index contributed by atoms with van der Waals surface area (Å²) in [6.45, 7) is 2.02. The molecule has 0 aliphatic carbocycles. The molecule has 2 rings (SSSR count). The second-order valence-corrected chi connectivity index (χ2v) is 4.12. The third kappa shape index (κ3) is 2.67. The summed E-state index contributed by atoms with van der Waals surface area (Å²) in [5.74, 6) is 0. The molecule has 0 saturated carbocycles. The van der Waals surface area contributed by atoms with E-state index < -0.39 is 0 Å². The van der Waals surface area contributed by atoms with E-state index in [1.165, 1.54) is 11.1 Å². The van der Waals surface area contributed by atoms with Crippen LogP contribution < -0.4 is 5.73 Å². The first kappa shape index (κ1) is 10.8. The smallest absolute Gasteiger partial charge is 0.0346 e. The van der Waals surface area contributed by atoms with E-state index in [0.717, 1.165) is 12.0 Å². The van der Waals surface area contributed by atoms with Gasteiger partial charge in [-0.05, 0) is 36.1 Å². The number of hydrogen-bond donors (Lipinski definition) is 1. The van der Waals surface area contributed by atoms with Crippen LogP contribution in [-0.2, 0) is 6.42 Å². The molecule has 2 aromatic rings. The fourth-order valence-electron chi connectivity index (χ4n) is 1.74. The lowest BCUT2D eigenvalue weighted by Crippen LogP contribution is -2.17. The SMILES string of the molecule is CC(N)Cc1ccc(-c2cccnc2)cc1. The summed E-state index contributed by atoms with van der Waals surface area (Å²) < 4.78 is 0. The molecular weight excluding hydrogens is 196 g/mol. The second kappa shape index (κ2) is 4.90. The van der Waals surface area contributed by atoms with Crippen molar-refractivity contribution in [1.82, 2.24) is 4.98 Å². The first-order valence-electron chi connectivity index (χ1n) is 5.50. The average molecular weight is 212 g/mol. The minimum absolute atomic E-state index is 0.212. The molecule has 16 heavy (non-hydrogen) atoms. The molecule has 0 radical (unpaired) electrons. The molecule has 1 atom stereocenters. The van der Waals surface area contributed by atoms with Crippen molar-refractivity contribution in [3.63, 3.8) is 0 Å². The molecule has 1 aromatic carbocycles. The van der Waals surface area contributed by atoms with Crippen molar-refractivity contribution in [3.8, 4) is 11.1 Å². The van der Waals surface area contributed by atoms with E-state index in [1.807, 2.05) is 19.2 Å². The molecule has 1 unspecified atom stereocenters. The van der Waals surface area contributed by atoms with Gasteiger partial charge in [-0.15, -0.1) is 0 Å². The zero-order valence-corrected chi connectivity index (χ0v) is 9.43. The molecule has 1 heterocycles. The van der Waals surface area contributed by atoms with Gasteiger partial charge in [-0.2, -0.15) is 0 Å². The number of pyridine rings is 1. The highest BCUT2D eigenvalue weighted by Gasteiger charge is 1.99. The van der Waals surface area contributed by atoms with Crippen molar-refractivity contribution >= 4 is 0 Å². The Hall–Kier alpha value is -1.67. The van der Waals surface area contributed by atoms with Gasteiger partial charge in [0, 0.05) is 18.4 Å². The van der Waals surface area contributed by atoms with Gasteiger partial charge in [-0.1, -0.05) is 30.3 Å². The summed E-state index contributed by atoms with van der Waals surface area (Å²) in [6, 6.07) is 12.7. The van der Waals surface area contributed by atoms with Crippen LogP contribution in [0.15, 0.2) is 48.8 Å². The van der Waals surface area contributed by atoms with Crippen molar-refractivity contribution in [2.45, 2.75) is 19.4 Å². The van der Waals surface area contributed by atoms with Crippen LogP contribution >= 0.6 is 0 Å². The molecule has 2 nitrogen and oxygen atoms in total. The molecule has 82 valence electrons. The Morgan fingerprint density at radius 3 is 2.44 bits per heavy atom. The van der Waals surface area contributed by atoms with Crippen molar-refractivity contribution < 1.29 is 0 Å². The molecule has 0 saturated heterocycles. The first-order chi connectivity index (χ1) is 7.75. The lowest BCUT2D eigenvalue weighted by atomic mass is 10.0. The number of benzene rings is 1. The van der Waals surface area contributed by atoms with Gasteiger partial charge in [0.15, 0.2) is 0 Å². The summed E-state index contributed by atoms with van der Waals surface area (Å²) in [4.78, 5) is 4.11. The first-order valence-corrected chi connectivity index (χ1v) is 5.50. The standard InChI is InChI=1S/C14H16N2/c1-11(15)9-12-4-6-13(7-5-12)14-3-2-8-16-10-14/h2-8,10-11H,9,15H2,1H3. The highest BCUT2D eigenvalue weighted by atomic mass is 14.6. The molecule has 0 aliphatic rings. The molecule has 2 N–H and O–H groups in total. The highest BCUT2D eigenvalue weighted by Crippen LogP contribution is 2.18. The van der Waals surface area contributed by atoms with Crippen LogP contribution in [0.3, 0.4) is 0 Å². The van der Waals surface area contributed by atoms with Gasteiger partial charge in [0.2, 0.25) is 0 Å². The lowest BCUT2D eigenvalue weighted by molar-refractivity contribution is 0.738. The van der Waals surface area contributed by atoms with E-state index in [1.54, 1.807) is 6.20 Å². The molecule has 0 bridgehead atoms. The van der Waals surface area contributed by atoms with Gasteiger partial charge in [0.05, 0.1) is 0 Å². The number of aromatic nitrogens is 1. The molecule has 0 spiro atoms. The fourth-order valence-corrected chi connectivity index (χ4v) is 1.74. The largest absolute Gasteiger partial charge is 0.328 e. The van der Waals surface area contributed by atoms with Crippen LogP contribution in [-0.4, -0.2) is 11.0 Å². The number of nitrogens with two attached hydrogens (primary N) is 1. The van der Waals surface area contributed by atoms with Crippen LogP contribution in [0.4, 0.5) is 0 Å². The van der Waals surface area contributed by atoms with Crippen LogP contribution in [0.25, 0.3) is 11.1 Å². The topological polar surface area (TPSA) is 38.9 Å². The Bertz CT molecular complexity index is 432. The van der Waals surface area contributed by atoms with Crippen LogP contribution in [0.2, 0.25) is 0 Å². The van der Waals surface area contributed by atoms with E-state index in [9.17, 15) is 0 Å². The number of hydrogen-bond acceptors (Lipinski definition) is 2. The van der Waals surface area contributed by atoms with Gasteiger partial charge < -0.3 is 5.73 Å². The van der Waals surface area contributed by atoms with E-state index in [-0.39, 0.29) is 6.04 Å². The lowest BCUT2D eigenvalue weighted by Gasteiger charge is -2.06. The maximum atomic E-state index is 5.76. The fraction of sp³-hybridized carbons (Fsp3) is 0.214. The van der Waals surface area contributed by atoms with E-state index in [2.05, 4.69) is 35.3 Å². The summed E-state index contributed by atoms with van der Waals surface area (Å²) >= 11 is 0. The Labute approximate surface area is 96.1 Å². The Morgan fingerprint density at radius 1 is 1.12 bits per heavy atom. The number of nitrogens with zero attached hydrogens (tertiary/aromatic N) is 1. The molecule has 2 heteroatoms. The average Bonchev–Trinajstić information content (AvgIpc) is 2.30. The van der Waals surface area contributed by atoms with Crippen LogP contribution in [0.1, 0.15) is 12.5 Å². The van der Waals surface area contributed by atoms with Crippen molar-refractivity contribution in [3.05, 3.63) is 54.4 Å². The van der Waals surface area contributed by atoms with E-state index >= 15 is 0 Å². The highest BCUT2D eigenvalue weighted by molar-refractivity contribution is 5.62. The monoisotopic (exact) mass is 212 g/mol. The minimum atomic E-state index is 0.212. The molecule has 0 fully saturated rings. The minimum Gasteiger partial charge on any atom is -0.328 e. The van der Waals surface area contributed by atoms with E-state index in [0.29, 0.717) is 0 Å². The molecule has 0 aliphatic heterocycles. The number of rotatable bonds is 3. The van der Waals surface area contributed by atoms with Gasteiger partial charge in [-0.25, -0.2) is 0 Å². The normalized spacial score (nSPS) is 12.4. The zero-order chi connectivity index (χ0) is 11.4. The molecule has 1 aromatic heterocycles. The third-order valence-electron chi connectivity index (χ3n) is 2.51. The summed E-state index contributed by atoms with van der Waals surface area (Å²) in [5, 5.41) is 0. The summed E-state index contributed by atoms with van der Waals surface area (Å²) in [6.07, 6.45) is 4.59. The molecular formula is C14H16N2. The van der Waals surface area contributed by atoms with E-state index in [4.69, 9.17) is 5.73 Å². The Kier molecular flexibility index (Phi) is 3.32. The van der Waals surface area contributed by atoms with Gasteiger partial charge in [-0.3, -0.25) is 4.98 Å². The van der Waals surface area contributed by atoms with Crippen molar-refractivity contribution in [1.29, 1.82) is 0 Å². The van der Waals surface area contributed by atoms with Crippen LogP contribution in [0, 0.1) is 0 Å². The maximum Gasteiger partial charge on any atom is 0.0346 e. The van der Waals surface area contributed by atoms with Crippen LogP contribution in [0.5, 0.6) is 0 Å². The van der Waals surface area contributed by atoms with Gasteiger partial charge >= 0.3 is 0 Å². The quantitative estimate of drug-likeness (QED) is 0.849. The summed E-state index contributed by atoms with van der Waals surface area (Å²) in [7, 11) is 0. The Balaban J connectivity index is 2.20. The molecule has 0 amide bonds. The Morgan fingerprint density at radius 2 is 1.88 bits per heavy atom. The zero-order valence-electron chi connectivity index (χ0n) is 9.43. The van der Waals surface area contributed by atoms with Gasteiger partial charge in [0.1, 0.15) is 0 Å². The third-order valence-corrected chi connectivity index (χ3v) is 2.51. The second-order valence-electron chi connectivity index (χ2n) is 4.12. The van der Waals surface area contributed by atoms with Crippen molar-refractivity contribution in [2.24, 2.45) is 5.73 Å². The predicted molar refractivity (Wildman–Crippen MR) is 67.0 cm³/mol. The van der Waals surface area contributed by atoms with Crippen molar-refractivity contribution in [2.75, 3.05) is 0 Å². The summed E-state index contributed by atoms with van der Waals surface area (Å²) in [5.41, 5.74) is 9.39. The van der Waals surface area contributed by atoms with Gasteiger partial charge in [0.25, 0.3) is 0 Å². The predicted octanol–water partition coefficient (Wildman–Crippen LogP) is 2.64. The maximum absolute atomic E-state index is 5.76.